The van der Waals surface area contributed by atoms with E-state index in [1.54, 1.807) is 25.6 Å². The first kappa shape index (κ1) is 23.1. The number of aliphatic carboxylic acids is 1. The van der Waals surface area contributed by atoms with Crippen LogP contribution in [0.4, 0.5) is 0 Å². The minimum atomic E-state index is -1.06. The molecule has 0 saturated heterocycles. The molecule has 6 rings (SSSR count). The van der Waals surface area contributed by atoms with Crippen LogP contribution in [0.1, 0.15) is 82.2 Å². The first-order valence-corrected chi connectivity index (χ1v) is 13.6. The molecule has 0 radical (unpaired) electrons. The molecule has 4 bridgehead atoms. The lowest BCUT2D eigenvalue weighted by Gasteiger charge is -2.54. The number of rotatable bonds is 9. The van der Waals surface area contributed by atoms with Gasteiger partial charge in [0.1, 0.15) is 11.5 Å². The van der Waals surface area contributed by atoms with Crippen LogP contribution in [0.3, 0.4) is 0 Å². The van der Waals surface area contributed by atoms with Gasteiger partial charge in [0.25, 0.3) is 11.8 Å². The van der Waals surface area contributed by atoms with Crippen LogP contribution in [0.15, 0.2) is 9.42 Å². The van der Waals surface area contributed by atoms with Gasteiger partial charge in [-0.05, 0) is 93.5 Å². The highest BCUT2D eigenvalue weighted by Crippen LogP contribution is 2.53. The van der Waals surface area contributed by atoms with Crippen molar-refractivity contribution in [1.82, 2.24) is 10.5 Å². The molecule has 182 valence electrons. The predicted molar refractivity (Wildman–Crippen MR) is 124 cm³/mol. The zero-order chi connectivity index (χ0) is 23.2. The van der Waals surface area contributed by atoms with E-state index in [4.69, 9.17) is 9.26 Å². The molecule has 0 spiro atoms. The van der Waals surface area contributed by atoms with Gasteiger partial charge in [0.05, 0.1) is 5.41 Å². The standard InChI is InChI=1S/C25H36N2O5S/c1-25(2,24(29)30)13-31-23-21(33-12-14-5-3-4-6-14)20(32-27-23)22(28)26-19-17-8-15-7-16(10-17)11-18(19)9-15/h14-19H,3-13H2,1-2H3,(H,26,28)(H,29,30). The monoisotopic (exact) mass is 476 g/mol. The third-order valence-corrected chi connectivity index (χ3v) is 9.72. The van der Waals surface area contributed by atoms with Crippen molar-refractivity contribution < 1.29 is 24.0 Å². The Morgan fingerprint density at radius 2 is 1.76 bits per heavy atom. The number of ether oxygens (including phenoxy) is 1. The van der Waals surface area contributed by atoms with Crippen molar-refractivity contribution in [2.24, 2.45) is 35.0 Å². The summed E-state index contributed by atoms with van der Waals surface area (Å²) in [6.07, 6.45) is 11.2. The summed E-state index contributed by atoms with van der Waals surface area (Å²) >= 11 is 1.57. The molecule has 8 heteroatoms. The second kappa shape index (κ2) is 9.16. The van der Waals surface area contributed by atoms with Gasteiger partial charge in [-0.1, -0.05) is 12.8 Å². The number of amides is 1. The highest BCUT2D eigenvalue weighted by molar-refractivity contribution is 7.99. The number of carbonyl (C=O) groups excluding carboxylic acids is 1. The molecule has 0 aliphatic heterocycles. The molecule has 0 aromatic carbocycles. The number of carbonyl (C=O) groups is 2. The zero-order valence-electron chi connectivity index (χ0n) is 19.7. The fraction of sp³-hybridized carbons (Fsp3) is 0.800. The lowest BCUT2D eigenvalue weighted by molar-refractivity contribution is -0.148. The van der Waals surface area contributed by atoms with Crippen LogP contribution in [0.25, 0.3) is 0 Å². The SMILES string of the molecule is CC(C)(COc1noc(C(=O)NC2C3CC4CC(C3)CC2C4)c1SCC1CCCC1)C(=O)O. The summed E-state index contributed by atoms with van der Waals surface area (Å²) in [7, 11) is 0. The molecule has 2 N–H and O–H groups in total. The van der Waals surface area contributed by atoms with Gasteiger partial charge >= 0.3 is 5.97 Å². The fourth-order valence-corrected chi connectivity index (χ4v) is 7.91. The van der Waals surface area contributed by atoms with E-state index in [-0.39, 0.29) is 30.2 Å². The molecule has 7 nitrogen and oxygen atoms in total. The first-order valence-electron chi connectivity index (χ1n) is 12.6. The Bertz CT molecular complexity index is 863. The summed E-state index contributed by atoms with van der Waals surface area (Å²) in [6, 6.07) is 0.221. The van der Waals surface area contributed by atoms with Gasteiger partial charge in [-0.15, -0.1) is 11.8 Å². The average molecular weight is 477 g/mol. The van der Waals surface area contributed by atoms with Crippen LogP contribution >= 0.6 is 11.8 Å². The van der Waals surface area contributed by atoms with Crippen molar-refractivity contribution in [2.45, 2.75) is 82.6 Å². The number of aromatic nitrogens is 1. The van der Waals surface area contributed by atoms with Gasteiger partial charge in [-0.3, -0.25) is 9.59 Å². The Hall–Kier alpha value is -1.70. The summed E-state index contributed by atoms with van der Waals surface area (Å²) in [5.74, 6) is 3.67. The summed E-state index contributed by atoms with van der Waals surface area (Å²) < 4.78 is 11.3. The van der Waals surface area contributed by atoms with Crippen LogP contribution < -0.4 is 10.1 Å². The van der Waals surface area contributed by atoms with Crippen LogP contribution in [-0.4, -0.2) is 40.5 Å². The van der Waals surface area contributed by atoms with Gasteiger partial charge in [0, 0.05) is 11.8 Å². The van der Waals surface area contributed by atoms with Crippen molar-refractivity contribution in [3.63, 3.8) is 0 Å². The number of carboxylic acids is 1. The quantitative estimate of drug-likeness (QED) is 0.484. The normalized spacial score (nSPS) is 31.2. The van der Waals surface area contributed by atoms with Crippen molar-refractivity contribution in [3.8, 4) is 5.88 Å². The zero-order valence-corrected chi connectivity index (χ0v) is 20.5. The molecule has 1 heterocycles. The van der Waals surface area contributed by atoms with Crippen molar-refractivity contribution in [1.29, 1.82) is 0 Å². The molecule has 1 aromatic heterocycles. The van der Waals surface area contributed by atoms with E-state index < -0.39 is 11.4 Å². The molecule has 1 aromatic rings. The molecule has 0 unspecified atom stereocenters. The second-order valence-electron chi connectivity index (χ2n) is 11.5. The number of carboxylic acid groups (broad SMARTS) is 1. The average Bonchev–Trinajstić information content (AvgIpc) is 3.42. The third-order valence-electron chi connectivity index (χ3n) is 8.44. The van der Waals surface area contributed by atoms with E-state index >= 15 is 0 Å². The minimum Gasteiger partial charge on any atom is -0.481 e. The Morgan fingerprint density at radius 3 is 2.36 bits per heavy atom. The van der Waals surface area contributed by atoms with Crippen molar-refractivity contribution >= 4 is 23.6 Å². The van der Waals surface area contributed by atoms with E-state index in [0.717, 1.165) is 17.6 Å². The maximum atomic E-state index is 13.4. The van der Waals surface area contributed by atoms with Crippen LogP contribution in [0.2, 0.25) is 0 Å². The number of thioether (sulfide) groups is 1. The molecule has 5 fully saturated rings. The maximum Gasteiger partial charge on any atom is 0.312 e. The van der Waals surface area contributed by atoms with Crippen LogP contribution in [0.5, 0.6) is 5.88 Å². The summed E-state index contributed by atoms with van der Waals surface area (Å²) in [4.78, 5) is 25.5. The molecule has 1 amide bonds. The number of nitrogens with zero attached hydrogens (tertiary/aromatic N) is 1. The smallest absolute Gasteiger partial charge is 0.312 e. The Balaban J connectivity index is 1.31. The summed E-state index contributed by atoms with van der Waals surface area (Å²) in [5, 5.41) is 16.8. The molecule has 33 heavy (non-hydrogen) atoms. The molecular weight excluding hydrogens is 440 g/mol. The summed E-state index contributed by atoms with van der Waals surface area (Å²) in [6.45, 7) is 3.18. The second-order valence-corrected chi connectivity index (χ2v) is 12.5. The molecule has 0 atom stereocenters. The van der Waals surface area contributed by atoms with Crippen molar-refractivity contribution in [3.05, 3.63) is 5.76 Å². The van der Waals surface area contributed by atoms with Gasteiger partial charge in [-0.25, -0.2) is 0 Å². The minimum absolute atomic E-state index is 0.0392. The Morgan fingerprint density at radius 1 is 1.12 bits per heavy atom. The lowest BCUT2D eigenvalue weighted by atomic mass is 9.54. The highest BCUT2D eigenvalue weighted by Gasteiger charge is 2.49. The maximum absolute atomic E-state index is 13.4. The topological polar surface area (TPSA) is 102 Å². The molecule has 5 saturated carbocycles. The van der Waals surface area contributed by atoms with E-state index in [9.17, 15) is 14.7 Å². The first-order chi connectivity index (χ1) is 15.8. The number of hydrogen-bond donors (Lipinski definition) is 2. The largest absolute Gasteiger partial charge is 0.481 e. The van der Waals surface area contributed by atoms with E-state index in [1.165, 1.54) is 57.8 Å². The number of nitrogens with one attached hydrogen (secondary N) is 1. The van der Waals surface area contributed by atoms with Gasteiger partial charge in [0.2, 0.25) is 5.76 Å². The van der Waals surface area contributed by atoms with Gasteiger partial charge < -0.3 is 19.7 Å². The lowest BCUT2D eigenvalue weighted by Crippen LogP contribution is -2.55. The third kappa shape index (κ3) is 4.77. The van der Waals surface area contributed by atoms with Gasteiger partial charge in [0.15, 0.2) is 0 Å². The van der Waals surface area contributed by atoms with Gasteiger partial charge in [-0.2, -0.15) is 0 Å². The van der Waals surface area contributed by atoms with Crippen LogP contribution in [-0.2, 0) is 4.79 Å². The van der Waals surface area contributed by atoms with E-state index in [2.05, 4.69) is 10.5 Å². The van der Waals surface area contributed by atoms with E-state index in [1.807, 2.05) is 0 Å². The fourth-order valence-electron chi connectivity index (χ4n) is 6.70. The Kier molecular flexibility index (Phi) is 6.40. The Labute approximate surface area is 199 Å². The molecule has 5 aliphatic rings. The van der Waals surface area contributed by atoms with Crippen LogP contribution in [0, 0.1) is 35.0 Å². The molecular formula is C25H36N2O5S. The van der Waals surface area contributed by atoms with Crippen molar-refractivity contribution in [2.75, 3.05) is 12.4 Å². The number of hydrogen-bond acceptors (Lipinski definition) is 6. The molecule has 5 aliphatic carbocycles. The predicted octanol–water partition coefficient (Wildman–Crippen LogP) is 5.00. The highest BCUT2D eigenvalue weighted by atomic mass is 32.2. The summed E-state index contributed by atoms with van der Waals surface area (Å²) in [5.41, 5.74) is -1.06. The van der Waals surface area contributed by atoms with E-state index in [0.29, 0.717) is 22.6 Å².